The van der Waals surface area contributed by atoms with E-state index in [-0.39, 0.29) is 0 Å². The van der Waals surface area contributed by atoms with E-state index in [4.69, 9.17) is 0 Å². The fraction of sp³-hybridized carbons (Fsp3) is 0.154. The average molecular weight is 269 g/mol. The molecule has 0 unspecified atom stereocenters. The highest BCUT2D eigenvalue weighted by Crippen LogP contribution is 2.19. The standard InChI is InChI=1S/C13H10F3NO2/c14-13(15,16)8-19-12(18)6-5-9-7-17-11-4-2-1-3-10(9)11/h1-7,17H,8H2/b6-5+. The monoisotopic (exact) mass is 269 g/mol. The van der Waals surface area contributed by atoms with E-state index in [1.807, 2.05) is 24.3 Å². The Bertz CT molecular complexity index is 614. The highest BCUT2D eigenvalue weighted by molar-refractivity contribution is 5.93. The molecule has 0 amide bonds. The van der Waals surface area contributed by atoms with Crippen molar-refractivity contribution < 1.29 is 22.7 Å². The molecule has 0 aliphatic heterocycles. The predicted molar refractivity (Wildman–Crippen MR) is 64.3 cm³/mol. The second kappa shape index (κ2) is 5.17. The molecule has 1 aromatic heterocycles. The molecule has 2 rings (SSSR count). The van der Waals surface area contributed by atoms with Crippen molar-refractivity contribution in [1.29, 1.82) is 0 Å². The van der Waals surface area contributed by atoms with Gasteiger partial charge in [0.05, 0.1) is 0 Å². The van der Waals surface area contributed by atoms with Crippen LogP contribution in [-0.2, 0) is 9.53 Å². The molecule has 0 atom stereocenters. The van der Waals surface area contributed by atoms with Gasteiger partial charge in [0.25, 0.3) is 0 Å². The first-order chi connectivity index (χ1) is 8.96. The Morgan fingerprint density at radius 1 is 1.32 bits per heavy atom. The van der Waals surface area contributed by atoms with E-state index >= 15 is 0 Å². The summed E-state index contributed by atoms with van der Waals surface area (Å²) in [7, 11) is 0. The summed E-state index contributed by atoms with van der Waals surface area (Å²) < 4.78 is 39.6. The van der Waals surface area contributed by atoms with Gasteiger partial charge in [-0.05, 0) is 12.1 Å². The van der Waals surface area contributed by atoms with Crippen molar-refractivity contribution in [3.05, 3.63) is 42.1 Å². The molecular formula is C13H10F3NO2. The van der Waals surface area contributed by atoms with Crippen LogP contribution in [0.2, 0.25) is 0 Å². The van der Waals surface area contributed by atoms with Gasteiger partial charge < -0.3 is 9.72 Å². The number of aromatic amines is 1. The molecule has 6 heteroatoms. The number of halogens is 3. The third kappa shape index (κ3) is 3.61. The van der Waals surface area contributed by atoms with Crippen LogP contribution < -0.4 is 0 Å². The number of ether oxygens (including phenoxy) is 1. The van der Waals surface area contributed by atoms with Crippen molar-refractivity contribution in [3.63, 3.8) is 0 Å². The van der Waals surface area contributed by atoms with Gasteiger partial charge in [-0.2, -0.15) is 13.2 Å². The predicted octanol–water partition coefficient (Wildman–Crippen LogP) is 3.29. The van der Waals surface area contributed by atoms with E-state index in [1.165, 1.54) is 6.08 Å². The van der Waals surface area contributed by atoms with Crippen LogP contribution >= 0.6 is 0 Å². The molecule has 0 saturated heterocycles. The van der Waals surface area contributed by atoms with E-state index in [1.54, 1.807) is 6.20 Å². The van der Waals surface area contributed by atoms with Gasteiger partial charge in [-0.1, -0.05) is 18.2 Å². The fourth-order valence-electron chi connectivity index (χ4n) is 1.59. The summed E-state index contributed by atoms with van der Waals surface area (Å²) in [6.07, 6.45) is -0.457. The quantitative estimate of drug-likeness (QED) is 0.686. The Morgan fingerprint density at radius 3 is 2.79 bits per heavy atom. The minimum absolute atomic E-state index is 0.708. The summed E-state index contributed by atoms with van der Waals surface area (Å²) in [5, 5.41) is 0.877. The molecule has 0 aliphatic rings. The van der Waals surface area contributed by atoms with Crippen molar-refractivity contribution in [2.45, 2.75) is 6.18 Å². The lowest BCUT2D eigenvalue weighted by atomic mass is 10.1. The van der Waals surface area contributed by atoms with Crippen LogP contribution in [0.4, 0.5) is 13.2 Å². The number of para-hydroxylation sites is 1. The van der Waals surface area contributed by atoms with Crippen molar-refractivity contribution in [2.24, 2.45) is 0 Å². The number of aromatic nitrogens is 1. The lowest BCUT2D eigenvalue weighted by molar-refractivity contribution is -0.182. The molecule has 1 N–H and O–H groups in total. The van der Waals surface area contributed by atoms with Crippen LogP contribution in [0.25, 0.3) is 17.0 Å². The van der Waals surface area contributed by atoms with Gasteiger partial charge in [0, 0.05) is 28.7 Å². The molecule has 19 heavy (non-hydrogen) atoms. The number of carbonyl (C=O) groups excluding carboxylic acids is 1. The van der Waals surface area contributed by atoms with Gasteiger partial charge in [-0.25, -0.2) is 4.79 Å². The second-order valence-electron chi connectivity index (χ2n) is 3.85. The molecule has 3 nitrogen and oxygen atoms in total. The minimum atomic E-state index is -4.51. The SMILES string of the molecule is O=C(/C=C/c1c[nH]c2ccccc12)OCC(F)(F)F. The molecule has 100 valence electrons. The third-order valence-electron chi connectivity index (χ3n) is 2.40. The number of carbonyl (C=O) groups is 1. The van der Waals surface area contributed by atoms with Crippen LogP contribution in [0.5, 0.6) is 0 Å². The van der Waals surface area contributed by atoms with Gasteiger partial charge in [0.2, 0.25) is 0 Å². The van der Waals surface area contributed by atoms with E-state index in [2.05, 4.69) is 9.72 Å². The molecular weight excluding hydrogens is 259 g/mol. The number of benzene rings is 1. The van der Waals surface area contributed by atoms with Crippen LogP contribution in [0.15, 0.2) is 36.5 Å². The lowest BCUT2D eigenvalue weighted by Crippen LogP contribution is -2.19. The Labute approximate surface area is 106 Å². The Balaban J connectivity index is 2.04. The summed E-state index contributed by atoms with van der Waals surface area (Å²) in [5.74, 6) is -1.03. The van der Waals surface area contributed by atoms with E-state index in [0.29, 0.717) is 5.56 Å². The molecule has 0 aliphatic carbocycles. The molecule has 0 fully saturated rings. The Morgan fingerprint density at radius 2 is 2.05 bits per heavy atom. The molecule has 2 aromatic rings. The first-order valence-electron chi connectivity index (χ1n) is 5.43. The summed E-state index contributed by atoms with van der Waals surface area (Å²) >= 11 is 0. The summed E-state index contributed by atoms with van der Waals surface area (Å²) in [5.41, 5.74) is 1.59. The van der Waals surface area contributed by atoms with Crippen molar-refractivity contribution in [2.75, 3.05) is 6.61 Å². The highest BCUT2D eigenvalue weighted by atomic mass is 19.4. The zero-order valence-electron chi connectivity index (χ0n) is 9.70. The van der Waals surface area contributed by atoms with Gasteiger partial charge in [0.15, 0.2) is 6.61 Å². The van der Waals surface area contributed by atoms with E-state index in [9.17, 15) is 18.0 Å². The summed E-state index contributed by atoms with van der Waals surface area (Å²) in [6.45, 7) is -1.58. The summed E-state index contributed by atoms with van der Waals surface area (Å²) in [6, 6.07) is 7.38. The second-order valence-corrected chi connectivity index (χ2v) is 3.85. The number of H-pyrrole nitrogens is 1. The van der Waals surface area contributed by atoms with Gasteiger partial charge in [-0.3, -0.25) is 0 Å². The topological polar surface area (TPSA) is 42.1 Å². The van der Waals surface area contributed by atoms with E-state index < -0.39 is 18.8 Å². The van der Waals surface area contributed by atoms with Crippen molar-refractivity contribution >= 4 is 22.9 Å². The number of fused-ring (bicyclic) bond motifs is 1. The zero-order valence-corrected chi connectivity index (χ0v) is 9.70. The zero-order chi connectivity index (χ0) is 13.9. The smallest absolute Gasteiger partial charge is 0.422 e. The van der Waals surface area contributed by atoms with Crippen LogP contribution in [0, 0.1) is 0 Å². The molecule has 0 saturated carbocycles. The summed E-state index contributed by atoms with van der Waals surface area (Å²) in [4.78, 5) is 14.1. The van der Waals surface area contributed by atoms with Crippen LogP contribution in [0.1, 0.15) is 5.56 Å². The number of hydrogen-bond acceptors (Lipinski definition) is 2. The number of rotatable bonds is 3. The molecule has 1 heterocycles. The maximum absolute atomic E-state index is 11.8. The number of hydrogen-bond donors (Lipinski definition) is 1. The Kier molecular flexibility index (Phi) is 3.59. The lowest BCUT2D eigenvalue weighted by Gasteiger charge is -2.05. The number of nitrogens with one attached hydrogen (secondary N) is 1. The molecule has 1 aromatic carbocycles. The van der Waals surface area contributed by atoms with Gasteiger partial charge in [-0.15, -0.1) is 0 Å². The van der Waals surface area contributed by atoms with Crippen molar-refractivity contribution in [1.82, 2.24) is 4.98 Å². The average Bonchev–Trinajstić information content (AvgIpc) is 2.76. The van der Waals surface area contributed by atoms with E-state index in [0.717, 1.165) is 17.0 Å². The van der Waals surface area contributed by atoms with Crippen molar-refractivity contribution in [3.8, 4) is 0 Å². The third-order valence-corrected chi connectivity index (χ3v) is 2.40. The maximum atomic E-state index is 11.8. The highest BCUT2D eigenvalue weighted by Gasteiger charge is 2.29. The molecule has 0 radical (unpaired) electrons. The number of alkyl halides is 3. The van der Waals surface area contributed by atoms with Gasteiger partial charge >= 0.3 is 12.1 Å². The van der Waals surface area contributed by atoms with Crippen LogP contribution in [0.3, 0.4) is 0 Å². The number of esters is 1. The maximum Gasteiger partial charge on any atom is 0.422 e. The largest absolute Gasteiger partial charge is 0.453 e. The minimum Gasteiger partial charge on any atom is -0.453 e. The van der Waals surface area contributed by atoms with Gasteiger partial charge in [0.1, 0.15) is 0 Å². The Hall–Kier alpha value is -2.24. The fourth-order valence-corrected chi connectivity index (χ4v) is 1.59. The molecule has 0 bridgehead atoms. The molecule has 0 spiro atoms. The van der Waals surface area contributed by atoms with Crippen LogP contribution in [-0.4, -0.2) is 23.7 Å². The first kappa shape index (κ1) is 13.2. The normalized spacial score (nSPS) is 12.2. The first-order valence-corrected chi connectivity index (χ1v) is 5.43.